The summed E-state index contributed by atoms with van der Waals surface area (Å²) in [6.07, 6.45) is 3.48. The van der Waals surface area contributed by atoms with Gasteiger partial charge in [-0.25, -0.2) is 0 Å². The maximum atomic E-state index is 8.73. The standard InChI is InChI=1S/C17H22N4O/c1-13-9-20-21(11-13)12-14(2)19-10-16-4-6-17(7-5-16)22-15(3)8-18/h4-7,9,11,14-15,19H,10,12H2,1-3H3/t14-,15+/m0/s1. The van der Waals surface area contributed by atoms with Crippen molar-refractivity contribution in [3.8, 4) is 11.8 Å². The third kappa shape index (κ3) is 4.90. The van der Waals surface area contributed by atoms with Gasteiger partial charge >= 0.3 is 0 Å². The molecule has 0 aliphatic carbocycles. The maximum absolute atomic E-state index is 8.73. The monoisotopic (exact) mass is 298 g/mol. The molecule has 0 amide bonds. The van der Waals surface area contributed by atoms with E-state index in [4.69, 9.17) is 10.00 Å². The molecule has 2 atom stereocenters. The van der Waals surface area contributed by atoms with Crippen molar-refractivity contribution >= 4 is 0 Å². The van der Waals surface area contributed by atoms with Gasteiger partial charge in [0.1, 0.15) is 11.8 Å². The van der Waals surface area contributed by atoms with Crippen molar-refractivity contribution < 1.29 is 4.74 Å². The molecule has 5 heteroatoms. The lowest BCUT2D eigenvalue weighted by atomic mass is 10.2. The van der Waals surface area contributed by atoms with Crippen molar-refractivity contribution in [2.75, 3.05) is 0 Å². The van der Waals surface area contributed by atoms with E-state index in [1.54, 1.807) is 6.92 Å². The lowest BCUT2D eigenvalue weighted by Crippen LogP contribution is -2.30. The fourth-order valence-electron chi connectivity index (χ4n) is 2.12. The van der Waals surface area contributed by atoms with Crippen LogP contribution in [0.2, 0.25) is 0 Å². The fraction of sp³-hybridized carbons (Fsp3) is 0.412. The second-order valence-corrected chi connectivity index (χ2v) is 5.55. The van der Waals surface area contributed by atoms with Gasteiger partial charge in [-0.15, -0.1) is 0 Å². The Kier molecular flexibility index (Phi) is 5.56. The Hall–Kier alpha value is -2.32. The molecule has 22 heavy (non-hydrogen) atoms. The summed E-state index contributed by atoms with van der Waals surface area (Å²) >= 11 is 0. The summed E-state index contributed by atoms with van der Waals surface area (Å²) in [4.78, 5) is 0. The second kappa shape index (κ2) is 7.62. The first kappa shape index (κ1) is 16.1. The van der Waals surface area contributed by atoms with Gasteiger partial charge in [0.05, 0.1) is 12.7 Å². The summed E-state index contributed by atoms with van der Waals surface area (Å²) in [6.45, 7) is 7.54. The van der Waals surface area contributed by atoms with E-state index < -0.39 is 6.10 Å². The third-order valence-electron chi connectivity index (χ3n) is 3.30. The number of benzene rings is 1. The average molecular weight is 298 g/mol. The highest BCUT2D eigenvalue weighted by Gasteiger charge is 2.05. The first-order chi connectivity index (χ1) is 10.6. The number of nitriles is 1. The van der Waals surface area contributed by atoms with Gasteiger partial charge in [-0.05, 0) is 44.0 Å². The Balaban J connectivity index is 1.80. The topological polar surface area (TPSA) is 62.9 Å². The van der Waals surface area contributed by atoms with Crippen LogP contribution >= 0.6 is 0 Å². The van der Waals surface area contributed by atoms with E-state index in [-0.39, 0.29) is 0 Å². The van der Waals surface area contributed by atoms with E-state index in [1.807, 2.05) is 48.3 Å². The highest BCUT2D eigenvalue weighted by molar-refractivity contribution is 5.27. The van der Waals surface area contributed by atoms with Gasteiger partial charge in [0.15, 0.2) is 6.10 Å². The van der Waals surface area contributed by atoms with Crippen LogP contribution in [0.15, 0.2) is 36.7 Å². The van der Waals surface area contributed by atoms with E-state index in [9.17, 15) is 0 Å². The molecule has 0 aliphatic heterocycles. The molecule has 0 bridgehead atoms. The molecule has 0 spiro atoms. The lowest BCUT2D eigenvalue weighted by Gasteiger charge is -2.14. The van der Waals surface area contributed by atoms with Crippen LogP contribution in [0.3, 0.4) is 0 Å². The van der Waals surface area contributed by atoms with Crippen LogP contribution < -0.4 is 10.1 Å². The van der Waals surface area contributed by atoms with Gasteiger partial charge in [0, 0.05) is 18.8 Å². The summed E-state index contributed by atoms with van der Waals surface area (Å²) in [5.74, 6) is 0.720. The smallest absolute Gasteiger partial charge is 0.181 e. The molecule has 2 aromatic rings. The summed E-state index contributed by atoms with van der Waals surface area (Å²) in [5, 5.41) is 16.5. The van der Waals surface area contributed by atoms with Crippen LogP contribution in [0.5, 0.6) is 5.75 Å². The first-order valence-corrected chi connectivity index (χ1v) is 7.44. The number of hydrogen-bond donors (Lipinski definition) is 1. The Morgan fingerprint density at radius 2 is 2.05 bits per heavy atom. The zero-order valence-corrected chi connectivity index (χ0v) is 13.3. The molecule has 2 rings (SSSR count). The van der Waals surface area contributed by atoms with Crippen molar-refractivity contribution in [3.63, 3.8) is 0 Å². The quantitative estimate of drug-likeness (QED) is 0.853. The number of rotatable bonds is 7. The van der Waals surface area contributed by atoms with E-state index in [1.165, 1.54) is 11.1 Å². The minimum absolute atomic E-state index is 0.328. The Morgan fingerprint density at radius 3 is 2.64 bits per heavy atom. The number of ether oxygens (including phenoxy) is 1. The normalized spacial score (nSPS) is 13.4. The van der Waals surface area contributed by atoms with Crippen LogP contribution in [0, 0.1) is 18.3 Å². The highest BCUT2D eigenvalue weighted by Crippen LogP contribution is 2.13. The molecule has 0 fully saturated rings. The van der Waals surface area contributed by atoms with Gasteiger partial charge in [-0.1, -0.05) is 12.1 Å². The van der Waals surface area contributed by atoms with Crippen molar-refractivity contribution in [1.82, 2.24) is 15.1 Å². The fourth-order valence-corrected chi connectivity index (χ4v) is 2.12. The van der Waals surface area contributed by atoms with E-state index in [2.05, 4.69) is 23.4 Å². The van der Waals surface area contributed by atoms with Gasteiger partial charge in [0.25, 0.3) is 0 Å². The molecule has 0 saturated carbocycles. The van der Waals surface area contributed by atoms with Crippen LogP contribution in [-0.4, -0.2) is 21.9 Å². The van der Waals surface area contributed by atoms with Crippen LogP contribution in [0.25, 0.3) is 0 Å². The molecule has 0 unspecified atom stereocenters. The zero-order chi connectivity index (χ0) is 15.9. The minimum atomic E-state index is -0.429. The molecule has 5 nitrogen and oxygen atoms in total. The predicted octanol–water partition coefficient (Wildman–Crippen LogP) is 2.66. The number of hydrogen-bond acceptors (Lipinski definition) is 4. The van der Waals surface area contributed by atoms with E-state index in [0.717, 1.165) is 18.8 Å². The highest BCUT2D eigenvalue weighted by atomic mass is 16.5. The van der Waals surface area contributed by atoms with Crippen molar-refractivity contribution in [3.05, 3.63) is 47.8 Å². The maximum Gasteiger partial charge on any atom is 0.181 e. The van der Waals surface area contributed by atoms with Crippen LogP contribution in [-0.2, 0) is 13.1 Å². The largest absolute Gasteiger partial charge is 0.476 e. The lowest BCUT2D eigenvalue weighted by molar-refractivity contribution is 0.276. The van der Waals surface area contributed by atoms with Gasteiger partial charge in [0.2, 0.25) is 0 Å². The van der Waals surface area contributed by atoms with Crippen molar-refractivity contribution in [2.45, 2.75) is 46.0 Å². The van der Waals surface area contributed by atoms with E-state index in [0.29, 0.717) is 6.04 Å². The number of aryl methyl sites for hydroxylation is 1. The predicted molar refractivity (Wildman–Crippen MR) is 85.4 cm³/mol. The Morgan fingerprint density at radius 1 is 1.32 bits per heavy atom. The van der Waals surface area contributed by atoms with Gasteiger partial charge < -0.3 is 10.1 Å². The SMILES string of the molecule is Cc1cnn(C[C@H](C)NCc2ccc(O[C@H](C)C#N)cc2)c1. The summed E-state index contributed by atoms with van der Waals surface area (Å²) in [5.41, 5.74) is 2.36. The second-order valence-electron chi connectivity index (χ2n) is 5.55. The number of nitrogens with zero attached hydrogens (tertiary/aromatic N) is 3. The molecule has 116 valence electrons. The minimum Gasteiger partial charge on any atom is -0.476 e. The zero-order valence-electron chi connectivity index (χ0n) is 13.3. The van der Waals surface area contributed by atoms with Crippen molar-refractivity contribution in [1.29, 1.82) is 5.26 Å². The Bertz CT molecular complexity index is 627. The van der Waals surface area contributed by atoms with Gasteiger partial charge in [-0.3, -0.25) is 4.68 Å². The molecule has 1 aromatic heterocycles. The van der Waals surface area contributed by atoms with Crippen LogP contribution in [0.1, 0.15) is 25.0 Å². The molecule has 1 N–H and O–H groups in total. The molecule has 1 aromatic carbocycles. The summed E-state index contributed by atoms with van der Waals surface area (Å²) < 4.78 is 7.38. The van der Waals surface area contributed by atoms with Gasteiger partial charge in [-0.2, -0.15) is 10.4 Å². The Labute approximate surface area is 131 Å². The van der Waals surface area contributed by atoms with Crippen LogP contribution in [0.4, 0.5) is 0 Å². The van der Waals surface area contributed by atoms with Crippen molar-refractivity contribution in [2.24, 2.45) is 0 Å². The number of nitrogens with one attached hydrogen (secondary N) is 1. The molecule has 1 heterocycles. The molecular formula is C17H22N4O. The molecular weight excluding hydrogens is 276 g/mol. The number of aromatic nitrogens is 2. The summed E-state index contributed by atoms with van der Waals surface area (Å²) in [7, 11) is 0. The van der Waals surface area contributed by atoms with E-state index >= 15 is 0 Å². The summed E-state index contributed by atoms with van der Waals surface area (Å²) in [6, 6.07) is 10.2. The average Bonchev–Trinajstić information content (AvgIpc) is 2.91. The molecule has 0 radical (unpaired) electrons. The first-order valence-electron chi connectivity index (χ1n) is 7.44. The molecule has 0 saturated heterocycles. The molecule has 0 aliphatic rings. The third-order valence-corrected chi connectivity index (χ3v) is 3.30.